The molecule has 0 aliphatic carbocycles. The number of quaternary nitrogens is 1. The fourth-order valence-corrected chi connectivity index (χ4v) is 2.38. The lowest BCUT2D eigenvalue weighted by molar-refractivity contribution is -0.415. The number of para-hydroxylation sites is 1. The first-order valence-corrected chi connectivity index (χ1v) is 8.06. The van der Waals surface area contributed by atoms with Crippen LogP contribution in [-0.4, -0.2) is 50.1 Å². The fraction of sp³-hybridized carbons (Fsp3) is 0.588. The molecule has 1 aromatic rings. The van der Waals surface area contributed by atoms with Gasteiger partial charge in [0.15, 0.2) is 6.10 Å². The number of rotatable bonds is 5. The number of hydrogen-bond acceptors (Lipinski definition) is 5. The number of carbonyl (C=O) groups is 1. The Kier molecular flexibility index (Phi) is 6.83. The van der Waals surface area contributed by atoms with E-state index < -0.39 is 18.2 Å². The van der Waals surface area contributed by atoms with Gasteiger partial charge in [-0.15, -0.1) is 0 Å². The fourth-order valence-electron chi connectivity index (χ4n) is 2.38. The molecule has 0 radical (unpaired) electrons. The van der Waals surface area contributed by atoms with Gasteiger partial charge in [-0.3, -0.25) is 0 Å². The van der Waals surface area contributed by atoms with Gasteiger partial charge in [0.2, 0.25) is 6.04 Å². The van der Waals surface area contributed by atoms with Gasteiger partial charge in [0.25, 0.3) is 0 Å². The van der Waals surface area contributed by atoms with Crippen molar-refractivity contribution < 1.29 is 29.5 Å². The molecule has 1 saturated heterocycles. The molecule has 0 spiro atoms. The third-order valence-electron chi connectivity index (χ3n) is 3.62. The quantitative estimate of drug-likeness (QED) is 0.810. The summed E-state index contributed by atoms with van der Waals surface area (Å²) in [6.45, 7) is 5.00. The van der Waals surface area contributed by atoms with Crippen LogP contribution in [0.5, 0.6) is 5.75 Å². The van der Waals surface area contributed by atoms with Gasteiger partial charge < -0.3 is 24.7 Å². The molecule has 1 aliphatic rings. The van der Waals surface area contributed by atoms with Crippen LogP contribution in [0, 0.1) is 0 Å². The Morgan fingerprint density at radius 3 is 2.70 bits per heavy atom. The van der Waals surface area contributed by atoms with E-state index in [2.05, 4.69) is 5.73 Å². The van der Waals surface area contributed by atoms with Gasteiger partial charge in [-0.1, -0.05) is 25.1 Å². The predicted octanol–water partition coefficient (Wildman–Crippen LogP) is 0.802. The van der Waals surface area contributed by atoms with E-state index in [1.54, 1.807) is 0 Å². The molecule has 1 heterocycles. The van der Waals surface area contributed by atoms with Crippen molar-refractivity contribution in [2.75, 3.05) is 19.8 Å². The van der Waals surface area contributed by atoms with E-state index in [4.69, 9.17) is 18.9 Å². The van der Waals surface area contributed by atoms with Crippen LogP contribution in [0.15, 0.2) is 30.3 Å². The zero-order valence-corrected chi connectivity index (χ0v) is 13.8. The molecule has 1 fully saturated rings. The van der Waals surface area contributed by atoms with E-state index in [0.717, 1.165) is 6.42 Å². The molecular weight excluding hydrogens is 298 g/mol. The number of ether oxygens (including phenoxy) is 4. The first kappa shape index (κ1) is 17.7. The van der Waals surface area contributed by atoms with E-state index >= 15 is 0 Å². The molecule has 23 heavy (non-hydrogen) atoms. The summed E-state index contributed by atoms with van der Waals surface area (Å²) in [5.74, 6) is 0.325. The second-order valence-corrected chi connectivity index (χ2v) is 5.68. The van der Waals surface area contributed by atoms with Gasteiger partial charge in [0.1, 0.15) is 24.6 Å². The molecule has 2 rings (SSSR count). The Hall–Kier alpha value is -1.63. The predicted molar refractivity (Wildman–Crippen MR) is 83.9 cm³/mol. The molecule has 4 atom stereocenters. The third-order valence-corrected chi connectivity index (χ3v) is 3.62. The number of hydrogen-bond donors (Lipinski definition) is 1. The van der Waals surface area contributed by atoms with E-state index in [0.29, 0.717) is 19.0 Å². The minimum absolute atomic E-state index is 0.218. The zero-order chi connectivity index (χ0) is 16.7. The second-order valence-electron chi connectivity index (χ2n) is 5.68. The monoisotopic (exact) mass is 324 g/mol. The highest BCUT2D eigenvalue weighted by Crippen LogP contribution is 2.20. The molecular formula is C17H26NO5+. The van der Waals surface area contributed by atoms with Crippen LogP contribution >= 0.6 is 0 Å². The van der Waals surface area contributed by atoms with E-state index in [1.807, 2.05) is 44.2 Å². The highest BCUT2D eigenvalue weighted by molar-refractivity contribution is 5.74. The van der Waals surface area contributed by atoms with Crippen LogP contribution in [0.25, 0.3) is 0 Å². The van der Waals surface area contributed by atoms with Crippen LogP contribution in [0.4, 0.5) is 0 Å². The Morgan fingerprint density at radius 2 is 2.00 bits per heavy atom. The standard InChI is InChI=1S/C17H25NO5/c1-3-9-21-15-11-20-10-14(18)17(19)22-12(2)16(15)23-13-7-5-4-6-8-13/h4-8,12,14-16H,3,9-11,18H2,1-2H3/p+1/t12-,14-,15-,16-/m0/s1. The summed E-state index contributed by atoms with van der Waals surface area (Å²) in [6.07, 6.45) is -0.335. The van der Waals surface area contributed by atoms with Gasteiger partial charge in [0, 0.05) is 6.61 Å². The SMILES string of the molecule is CCCO[C@H]1COC[C@H]([NH3+])C(=O)O[C@@H](C)[C@@H]1Oc1ccccc1. The number of carbonyl (C=O) groups excluding carboxylic acids is 1. The third kappa shape index (κ3) is 5.20. The maximum absolute atomic E-state index is 12.0. The molecule has 6 nitrogen and oxygen atoms in total. The first-order valence-electron chi connectivity index (χ1n) is 8.06. The maximum Gasteiger partial charge on any atom is 0.367 e. The lowest BCUT2D eigenvalue weighted by Crippen LogP contribution is -2.67. The highest BCUT2D eigenvalue weighted by Gasteiger charge is 2.36. The van der Waals surface area contributed by atoms with Crippen LogP contribution in [-0.2, 0) is 19.0 Å². The summed E-state index contributed by atoms with van der Waals surface area (Å²) < 4.78 is 23.0. The average Bonchev–Trinajstić information content (AvgIpc) is 2.60. The maximum atomic E-state index is 12.0. The summed E-state index contributed by atoms with van der Waals surface area (Å²) >= 11 is 0. The smallest absolute Gasteiger partial charge is 0.367 e. The number of benzene rings is 1. The van der Waals surface area contributed by atoms with Gasteiger partial charge in [-0.2, -0.15) is 0 Å². The average molecular weight is 324 g/mol. The van der Waals surface area contributed by atoms with E-state index in [1.165, 1.54) is 0 Å². The first-order chi connectivity index (χ1) is 11.1. The van der Waals surface area contributed by atoms with Crippen molar-refractivity contribution in [2.24, 2.45) is 0 Å². The molecule has 0 amide bonds. The minimum atomic E-state index is -0.542. The van der Waals surface area contributed by atoms with Crippen molar-refractivity contribution in [1.29, 1.82) is 0 Å². The van der Waals surface area contributed by atoms with Gasteiger partial charge >= 0.3 is 5.97 Å². The summed E-state index contributed by atoms with van der Waals surface area (Å²) in [7, 11) is 0. The zero-order valence-electron chi connectivity index (χ0n) is 13.8. The van der Waals surface area contributed by atoms with Crippen LogP contribution in [0.3, 0.4) is 0 Å². The van der Waals surface area contributed by atoms with Crippen molar-refractivity contribution in [3.8, 4) is 5.75 Å². The molecule has 6 heteroatoms. The van der Waals surface area contributed by atoms with Gasteiger partial charge in [-0.25, -0.2) is 4.79 Å². The highest BCUT2D eigenvalue weighted by atomic mass is 16.6. The molecule has 0 saturated carbocycles. The van der Waals surface area contributed by atoms with Crippen molar-refractivity contribution in [2.45, 2.75) is 44.6 Å². The molecule has 0 unspecified atom stereocenters. The van der Waals surface area contributed by atoms with Gasteiger partial charge in [0.05, 0.1) is 6.61 Å². The molecule has 1 aromatic carbocycles. The summed E-state index contributed by atoms with van der Waals surface area (Å²) in [4.78, 5) is 12.0. The molecule has 1 aliphatic heterocycles. The molecule has 0 bridgehead atoms. The Bertz CT molecular complexity index is 481. The second kappa shape index (κ2) is 8.86. The summed E-state index contributed by atoms with van der Waals surface area (Å²) in [5, 5.41) is 0. The van der Waals surface area contributed by atoms with Crippen molar-refractivity contribution in [3.63, 3.8) is 0 Å². The molecule has 0 aromatic heterocycles. The largest absolute Gasteiger partial charge is 0.484 e. The topological polar surface area (TPSA) is 81.6 Å². The van der Waals surface area contributed by atoms with Crippen LogP contribution in [0.1, 0.15) is 20.3 Å². The molecule has 3 N–H and O–H groups in total. The lowest BCUT2D eigenvalue weighted by atomic mass is 10.1. The Labute approximate surface area is 136 Å². The van der Waals surface area contributed by atoms with Crippen LogP contribution in [0.2, 0.25) is 0 Å². The summed E-state index contributed by atoms with van der Waals surface area (Å²) in [6, 6.07) is 8.89. The lowest BCUT2D eigenvalue weighted by Gasteiger charge is -2.30. The minimum Gasteiger partial charge on any atom is -0.484 e. The summed E-state index contributed by atoms with van der Waals surface area (Å²) in [5.41, 5.74) is 3.77. The van der Waals surface area contributed by atoms with Gasteiger partial charge in [-0.05, 0) is 25.5 Å². The van der Waals surface area contributed by atoms with Crippen LogP contribution < -0.4 is 10.5 Å². The van der Waals surface area contributed by atoms with Crippen molar-refractivity contribution >= 4 is 5.97 Å². The van der Waals surface area contributed by atoms with E-state index in [-0.39, 0.29) is 18.7 Å². The van der Waals surface area contributed by atoms with Crippen molar-refractivity contribution in [1.82, 2.24) is 0 Å². The molecule has 128 valence electrons. The normalized spacial score (nSPS) is 29.1. The number of cyclic esters (lactones) is 1. The van der Waals surface area contributed by atoms with E-state index in [9.17, 15) is 4.79 Å². The Morgan fingerprint density at radius 1 is 1.26 bits per heavy atom. The number of esters is 1. The van der Waals surface area contributed by atoms with Crippen molar-refractivity contribution in [3.05, 3.63) is 30.3 Å². The Balaban J connectivity index is 2.18.